The molecular formula is C25H23N3O4S. The van der Waals surface area contributed by atoms with Gasteiger partial charge in [0.1, 0.15) is 16.5 Å². The highest BCUT2D eigenvalue weighted by Gasteiger charge is 2.11. The molecule has 2 N–H and O–H groups in total. The summed E-state index contributed by atoms with van der Waals surface area (Å²) in [6.07, 6.45) is 0.153. The summed E-state index contributed by atoms with van der Waals surface area (Å²) in [5.41, 5.74) is 2.83. The molecule has 4 aromatic rings. The smallest absolute Gasteiger partial charge is 0.335 e. The maximum absolute atomic E-state index is 12.4. The summed E-state index contributed by atoms with van der Waals surface area (Å²) in [7, 11) is 3.98. The van der Waals surface area contributed by atoms with Crippen molar-refractivity contribution >= 4 is 39.1 Å². The fraction of sp³-hybridized carbons (Fsp3) is 0.160. The van der Waals surface area contributed by atoms with Gasteiger partial charge in [-0.2, -0.15) is 0 Å². The number of aromatic carboxylic acids is 1. The Bertz CT molecular complexity index is 1300. The van der Waals surface area contributed by atoms with Gasteiger partial charge in [-0.15, -0.1) is 11.3 Å². The van der Waals surface area contributed by atoms with Crippen LogP contribution < -0.4 is 15.0 Å². The van der Waals surface area contributed by atoms with Crippen molar-refractivity contribution in [3.63, 3.8) is 0 Å². The lowest BCUT2D eigenvalue weighted by atomic mass is 10.1. The fourth-order valence-electron chi connectivity index (χ4n) is 3.25. The van der Waals surface area contributed by atoms with Crippen molar-refractivity contribution in [2.75, 3.05) is 19.0 Å². The zero-order valence-corrected chi connectivity index (χ0v) is 19.1. The highest BCUT2D eigenvalue weighted by Crippen LogP contribution is 2.30. The number of anilines is 1. The van der Waals surface area contributed by atoms with Crippen LogP contribution >= 0.6 is 11.3 Å². The number of hydrogen-bond acceptors (Lipinski definition) is 6. The topological polar surface area (TPSA) is 91.8 Å². The Hall–Kier alpha value is -3.91. The second-order valence-electron chi connectivity index (χ2n) is 7.69. The lowest BCUT2D eigenvalue weighted by Gasteiger charge is -2.13. The quantitative estimate of drug-likeness (QED) is 0.395. The molecule has 0 aliphatic heterocycles. The average Bonchev–Trinajstić information content (AvgIpc) is 3.19. The molecule has 0 aliphatic rings. The first-order chi connectivity index (χ1) is 15.9. The van der Waals surface area contributed by atoms with E-state index in [-0.39, 0.29) is 24.4 Å². The summed E-state index contributed by atoms with van der Waals surface area (Å²) in [4.78, 5) is 30.0. The van der Waals surface area contributed by atoms with Gasteiger partial charge in [-0.3, -0.25) is 4.79 Å². The lowest BCUT2D eigenvalue weighted by molar-refractivity contribution is -0.120. The molecule has 0 unspecified atom stereocenters. The first kappa shape index (κ1) is 22.3. The van der Waals surface area contributed by atoms with Gasteiger partial charge in [0, 0.05) is 32.4 Å². The number of benzene rings is 3. The van der Waals surface area contributed by atoms with Crippen LogP contribution in [0.5, 0.6) is 11.5 Å². The number of ether oxygens (including phenoxy) is 1. The Balaban J connectivity index is 1.38. The Morgan fingerprint density at radius 3 is 2.52 bits per heavy atom. The molecule has 0 saturated heterocycles. The Kier molecular flexibility index (Phi) is 6.55. The van der Waals surface area contributed by atoms with E-state index in [9.17, 15) is 9.59 Å². The van der Waals surface area contributed by atoms with E-state index < -0.39 is 5.97 Å². The van der Waals surface area contributed by atoms with Gasteiger partial charge in [-0.25, -0.2) is 9.78 Å². The second kappa shape index (κ2) is 9.70. The van der Waals surface area contributed by atoms with Crippen LogP contribution in [-0.2, 0) is 17.8 Å². The minimum absolute atomic E-state index is 0.153. The Morgan fingerprint density at radius 2 is 1.79 bits per heavy atom. The number of amides is 1. The van der Waals surface area contributed by atoms with Crippen LogP contribution in [0.15, 0.2) is 66.7 Å². The lowest BCUT2D eigenvalue weighted by Crippen LogP contribution is -2.24. The third kappa shape index (κ3) is 5.67. The van der Waals surface area contributed by atoms with Crippen molar-refractivity contribution in [1.82, 2.24) is 10.3 Å². The third-order valence-electron chi connectivity index (χ3n) is 4.97. The molecule has 7 nitrogen and oxygen atoms in total. The van der Waals surface area contributed by atoms with Gasteiger partial charge in [-0.05, 0) is 54.1 Å². The highest BCUT2D eigenvalue weighted by atomic mass is 32.1. The summed E-state index contributed by atoms with van der Waals surface area (Å²) in [6.45, 7) is 0.259. The number of carboxylic acids is 1. The van der Waals surface area contributed by atoms with E-state index in [4.69, 9.17) is 9.84 Å². The summed E-state index contributed by atoms with van der Waals surface area (Å²) in [5, 5.41) is 12.6. The van der Waals surface area contributed by atoms with Crippen LogP contribution in [0.1, 0.15) is 20.9 Å². The van der Waals surface area contributed by atoms with Crippen LogP contribution in [-0.4, -0.2) is 36.1 Å². The SMILES string of the molecule is CN(C)c1ccc(Oc2ccc3nc(CC(=O)NCc4cccc(C(=O)O)c4)sc3c2)cc1. The van der Waals surface area contributed by atoms with Crippen molar-refractivity contribution in [2.45, 2.75) is 13.0 Å². The van der Waals surface area contributed by atoms with E-state index in [1.165, 1.54) is 17.4 Å². The van der Waals surface area contributed by atoms with Crippen molar-refractivity contribution < 1.29 is 19.4 Å². The Labute approximate surface area is 195 Å². The summed E-state index contributed by atoms with van der Waals surface area (Å²) >= 11 is 1.45. The molecule has 33 heavy (non-hydrogen) atoms. The van der Waals surface area contributed by atoms with Gasteiger partial charge < -0.3 is 20.1 Å². The standard InChI is InChI=1S/C25H23N3O4S/c1-28(2)18-6-8-19(9-7-18)32-20-10-11-21-22(13-20)33-24(27-21)14-23(29)26-15-16-4-3-5-17(12-16)25(30)31/h3-13H,14-15H2,1-2H3,(H,26,29)(H,30,31). The minimum atomic E-state index is -0.994. The molecule has 4 rings (SSSR count). The maximum Gasteiger partial charge on any atom is 0.335 e. The van der Waals surface area contributed by atoms with Crippen LogP contribution in [0.4, 0.5) is 5.69 Å². The average molecular weight is 462 g/mol. The van der Waals surface area contributed by atoms with E-state index >= 15 is 0 Å². The largest absolute Gasteiger partial charge is 0.478 e. The van der Waals surface area contributed by atoms with Crippen molar-refractivity contribution in [3.05, 3.63) is 82.9 Å². The molecule has 168 valence electrons. The van der Waals surface area contributed by atoms with Gasteiger partial charge in [0.05, 0.1) is 22.2 Å². The molecule has 0 radical (unpaired) electrons. The molecule has 0 atom stereocenters. The first-order valence-corrected chi connectivity index (χ1v) is 11.1. The van der Waals surface area contributed by atoms with Gasteiger partial charge >= 0.3 is 5.97 Å². The summed E-state index contributed by atoms with van der Waals surface area (Å²) < 4.78 is 6.90. The molecule has 1 amide bonds. The molecule has 0 bridgehead atoms. The monoisotopic (exact) mass is 461 g/mol. The van der Waals surface area contributed by atoms with Crippen molar-refractivity contribution in [1.29, 1.82) is 0 Å². The minimum Gasteiger partial charge on any atom is -0.478 e. The van der Waals surface area contributed by atoms with Crippen molar-refractivity contribution in [3.8, 4) is 11.5 Å². The van der Waals surface area contributed by atoms with Crippen LogP contribution in [0, 0.1) is 0 Å². The number of carbonyl (C=O) groups excluding carboxylic acids is 1. The van der Waals surface area contributed by atoms with Crippen LogP contribution in [0.3, 0.4) is 0 Å². The molecule has 0 aliphatic carbocycles. The molecule has 0 spiro atoms. The predicted octanol–water partition coefficient (Wildman–Crippen LogP) is 4.71. The van der Waals surface area contributed by atoms with Gasteiger partial charge in [0.25, 0.3) is 0 Å². The van der Waals surface area contributed by atoms with Crippen LogP contribution in [0.25, 0.3) is 10.2 Å². The fourth-order valence-corrected chi connectivity index (χ4v) is 4.25. The van der Waals surface area contributed by atoms with E-state index in [0.717, 1.165) is 27.2 Å². The number of carboxylic acid groups (broad SMARTS) is 1. The number of nitrogens with zero attached hydrogens (tertiary/aromatic N) is 2. The maximum atomic E-state index is 12.4. The number of nitrogens with one attached hydrogen (secondary N) is 1. The number of fused-ring (bicyclic) bond motifs is 1. The van der Waals surface area contributed by atoms with E-state index in [0.29, 0.717) is 10.8 Å². The van der Waals surface area contributed by atoms with E-state index in [2.05, 4.69) is 10.3 Å². The molecule has 3 aromatic carbocycles. The number of hydrogen-bond donors (Lipinski definition) is 2. The summed E-state index contributed by atoms with van der Waals surface area (Å²) in [5.74, 6) is 0.285. The van der Waals surface area contributed by atoms with Gasteiger partial charge in [0.15, 0.2) is 0 Å². The van der Waals surface area contributed by atoms with Crippen molar-refractivity contribution in [2.24, 2.45) is 0 Å². The molecule has 8 heteroatoms. The second-order valence-corrected chi connectivity index (χ2v) is 8.80. The highest BCUT2D eigenvalue weighted by molar-refractivity contribution is 7.18. The number of thiazole rings is 1. The zero-order valence-electron chi connectivity index (χ0n) is 18.2. The summed E-state index contributed by atoms with van der Waals surface area (Å²) in [6, 6.07) is 20.0. The Morgan fingerprint density at radius 1 is 1.03 bits per heavy atom. The van der Waals surface area contributed by atoms with Crippen LogP contribution in [0.2, 0.25) is 0 Å². The van der Waals surface area contributed by atoms with Gasteiger partial charge in [0.2, 0.25) is 5.91 Å². The van der Waals surface area contributed by atoms with E-state index in [1.54, 1.807) is 18.2 Å². The normalized spacial score (nSPS) is 10.7. The first-order valence-electron chi connectivity index (χ1n) is 10.3. The molecule has 0 fully saturated rings. The molecule has 1 aromatic heterocycles. The number of rotatable bonds is 8. The third-order valence-corrected chi connectivity index (χ3v) is 5.99. The number of aromatic nitrogens is 1. The van der Waals surface area contributed by atoms with Gasteiger partial charge in [-0.1, -0.05) is 12.1 Å². The van der Waals surface area contributed by atoms with E-state index in [1.807, 2.05) is 61.5 Å². The molecule has 0 saturated carbocycles. The zero-order chi connectivity index (χ0) is 23.4. The number of carbonyl (C=O) groups is 2. The molecular weight excluding hydrogens is 438 g/mol. The molecule has 1 heterocycles. The predicted molar refractivity (Wildman–Crippen MR) is 129 cm³/mol.